The molecular weight excluding hydrogens is 445 g/mol. The number of rotatable bonds is 8. The number of hydrogen-bond acceptors (Lipinski definition) is 4. The van der Waals surface area contributed by atoms with E-state index in [-0.39, 0.29) is 30.8 Å². The van der Waals surface area contributed by atoms with E-state index in [1.165, 1.54) is 18.2 Å². The van der Waals surface area contributed by atoms with Crippen molar-refractivity contribution in [2.75, 3.05) is 13.1 Å². The Hall–Kier alpha value is -2.78. The molecule has 2 N–H and O–H groups in total. The SMILES string of the molecule is O=C(NC1CC1)C1CCCN(C(=O)[C@H](Cc2ccccc2)NS(=O)(=O)c2ccccc2F)C1. The number of hydrogen-bond donors (Lipinski definition) is 2. The zero-order chi connectivity index (χ0) is 23.4. The summed E-state index contributed by atoms with van der Waals surface area (Å²) in [5.41, 5.74) is 0.770. The molecule has 1 aliphatic carbocycles. The fraction of sp³-hybridized carbons (Fsp3) is 0.417. The van der Waals surface area contributed by atoms with Crippen LogP contribution in [0.2, 0.25) is 0 Å². The lowest BCUT2D eigenvalue weighted by atomic mass is 9.96. The molecule has 0 radical (unpaired) electrons. The molecule has 1 aliphatic heterocycles. The van der Waals surface area contributed by atoms with Gasteiger partial charge in [0.1, 0.15) is 16.8 Å². The highest BCUT2D eigenvalue weighted by atomic mass is 32.2. The van der Waals surface area contributed by atoms with Crippen molar-refractivity contribution in [1.82, 2.24) is 14.9 Å². The Balaban J connectivity index is 1.54. The van der Waals surface area contributed by atoms with Gasteiger partial charge in [-0.3, -0.25) is 9.59 Å². The monoisotopic (exact) mass is 473 g/mol. The van der Waals surface area contributed by atoms with E-state index in [9.17, 15) is 22.4 Å². The van der Waals surface area contributed by atoms with Crippen LogP contribution in [0.4, 0.5) is 4.39 Å². The van der Waals surface area contributed by atoms with E-state index in [4.69, 9.17) is 0 Å². The number of carbonyl (C=O) groups excluding carboxylic acids is 2. The van der Waals surface area contributed by atoms with Crippen LogP contribution in [0.5, 0.6) is 0 Å². The normalized spacial score (nSPS) is 19.7. The maximum Gasteiger partial charge on any atom is 0.244 e. The number of amides is 2. The van der Waals surface area contributed by atoms with Crippen molar-refractivity contribution in [3.8, 4) is 0 Å². The van der Waals surface area contributed by atoms with Crippen molar-refractivity contribution in [3.63, 3.8) is 0 Å². The number of nitrogens with one attached hydrogen (secondary N) is 2. The van der Waals surface area contributed by atoms with Crippen molar-refractivity contribution in [2.45, 2.75) is 49.1 Å². The Bertz CT molecular complexity index is 1110. The Morgan fingerprint density at radius 3 is 2.42 bits per heavy atom. The molecule has 176 valence electrons. The van der Waals surface area contributed by atoms with Gasteiger partial charge in [-0.05, 0) is 49.8 Å². The molecule has 2 atom stereocenters. The Morgan fingerprint density at radius 1 is 1.03 bits per heavy atom. The molecule has 2 fully saturated rings. The summed E-state index contributed by atoms with van der Waals surface area (Å²) in [6.07, 6.45) is 3.43. The Labute approximate surface area is 193 Å². The van der Waals surface area contributed by atoms with E-state index in [0.717, 1.165) is 24.5 Å². The van der Waals surface area contributed by atoms with E-state index >= 15 is 0 Å². The Kier molecular flexibility index (Phi) is 7.09. The molecular formula is C24H28FN3O4S. The van der Waals surface area contributed by atoms with Crippen molar-refractivity contribution >= 4 is 21.8 Å². The van der Waals surface area contributed by atoms with Gasteiger partial charge in [-0.1, -0.05) is 42.5 Å². The number of piperidine rings is 1. The molecule has 2 aromatic rings. The highest BCUT2D eigenvalue weighted by molar-refractivity contribution is 7.89. The van der Waals surface area contributed by atoms with E-state index in [1.807, 2.05) is 6.07 Å². The minimum absolute atomic E-state index is 0.0541. The van der Waals surface area contributed by atoms with Gasteiger partial charge < -0.3 is 10.2 Å². The molecule has 1 saturated heterocycles. The lowest BCUT2D eigenvalue weighted by molar-refractivity contribution is -0.137. The van der Waals surface area contributed by atoms with Crippen LogP contribution in [-0.2, 0) is 26.0 Å². The highest BCUT2D eigenvalue weighted by Crippen LogP contribution is 2.23. The van der Waals surface area contributed by atoms with E-state index in [2.05, 4.69) is 10.0 Å². The van der Waals surface area contributed by atoms with Gasteiger partial charge in [0.25, 0.3) is 0 Å². The zero-order valence-electron chi connectivity index (χ0n) is 18.2. The third-order valence-corrected chi connectivity index (χ3v) is 7.54. The molecule has 7 nitrogen and oxygen atoms in total. The van der Waals surface area contributed by atoms with Crippen LogP contribution >= 0.6 is 0 Å². The molecule has 1 heterocycles. The van der Waals surface area contributed by atoms with Gasteiger partial charge in [-0.2, -0.15) is 4.72 Å². The van der Waals surface area contributed by atoms with Crippen LogP contribution in [0.1, 0.15) is 31.2 Å². The molecule has 2 aromatic carbocycles. The summed E-state index contributed by atoms with van der Waals surface area (Å²) < 4.78 is 42.5. The van der Waals surface area contributed by atoms with Gasteiger partial charge in [0.2, 0.25) is 21.8 Å². The van der Waals surface area contributed by atoms with Gasteiger partial charge in [-0.25, -0.2) is 12.8 Å². The van der Waals surface area contributed by atoms with Crippen LogP contribution in [0.3, 0.4) is 0 Å². The van der Waals surface area contributed by atoms with Crippen LogP contribution in [0, 0.1) is 11.7 Å². The van der Waals surface area contributed by atoms with Crippen LogP contribution in [-0.4, -0.2) is 50.3 Å². The molecule has 0 aromatic heterocycles. The lowest BCUT2D eigenvalue weighted by Crippen LogP contribution is -2.53. The fourth-order valence-electron chi connectivity index (χ4n) is 4.10. The minimum atomic E-state index is -4.28. The van der Waals surface area contributed by atoms with Crippen molar-refractivity contribution in [1.29, 1.82) is 0 Å². The second-order valence-corrected chi connectivity index (χ2v) is 10.4. The fourth-order valence-corrected chi connectivity index (χ4v) is 5.37. The van der Waals surface area contributed by atoms with Gasteiger partial charge in [0, 0.05) is 19.1 Å². The second-order valence-electron chi connectivity index (χ2n) is 8.70. The molecule has 1 saturated carbocycles. The molecule has 4 rings (SSSR count). The lowest BCUT2D eigenvalue weighted by Gasteiger charge is -2.34. The van der Waals surface area contributed by atoms with Crippen LogP contribution < -0.4 is 10.0 Å². The minimum Gasteiger partial charge on any atom is -0.353 e. The van der Waals surface area contributed by atoms with Crippen molar-refractivity contribution < 1.29 is 22.4 Å². The van der Waals surface area contributed by atoms with Gasteiger partial charge in [0.15, 0.2) is 0 Å². The van der Waals surface area contributed by atoms with Crippen LogP contribution in [0.15, 0.2) is 59.5 Å². The van der Waals surface area contributed by atoms with Crippen molar-refractivity contribution in [2.24, 2.45) is 5.92 Å². The summed E-state index contributed by atoms with van der Waals surface area (Å²) in [5.74, 6) is -1.67. The maximum absolute atomic E-state index is 14.2. The van der Waals surface area contributed by atoms with E-state index < -0.39 is 32.7 Å². The topological polar surface area (TPSA) is 95.6 Å². The molecule has 33 heavy (non-hydrogen) atoms. The van der Waals surface area contributed by atoms with E-state index in [1.54, 1.807) is 29.2 Å². The van der Waals surface area contributed by atoms with E-state index in [0.29, 0.717) is 19.4 Å². The average Bonchev–Trinajstić information content (AvgIpc) is 3.63. The maximum atomic E-state index is 14.2. The van der Waals surface area contributed by atoms with Gasteiger partial charge in [-0.15, -0.1) is 0 Å². The second kappa shape index (κ2) is 10.0. The molecule has 9 heteroatoms. The number of likely N-dealkylation sites (tertiary alicyclic amines) is 1. The molecule has 0 spiro atoms. The van der Waals surface area contributed by atoms with Crippen molar-refractivity contribution in [3.05, 3.63) is 66.0 Å². The largest absolute Gasteiger partial charge is 0.353 e. The first-order valence-electron chi connectivity index (χ1n) is 11.2. The number of benzene rings is 2. The smallest absolute Gasteiger partial charge is 0.244 e. The standard InChI is InChI=1S/C24H28FN3O4S/c25-20-10-4-5-11-22(20)33(31,32)27-21(15-17-7-2-1-3-8-17)24(30)28-14-6-9-18(16-28)23(29)26-19-12-13-19/h1-5,7-8,10-11,18-19,21,27H,6,9,12-16H2,(H,26,29)/t18?,21-/m0/s1. The van der Waals surface area contributed by atoms with Gasteiger partial charge in [0.05, 0.1) is 5.92 Å². The summed E-state index contributed by atoms with van der Waals surface area (Å²) in [6, 6.07) is 13.2. The number of sulfonamides is 1. The summed E-state index contributed by atoms with van der Waals surface area (Å²) in [4.78, 5) is 27.0. The van der Waals surface area contributed by atoms with Gasteiger partial charge >= 0.3 is 0 Å². The average molecular weight is 474 g/mol. The quantitative estimate of drug-likeness (QED) is 0.615. The Morgan fingerprint density at radius 2 is 1.73 bits per heavy atom. The molecule has 2 amide bonds. The number of nitrogens with zero attached hydrogens (tertiary/aromatic N) is 1. The first kappa shape index (κ1) is 23.4. The van der Waals surface area contributed by atoms with Crippen LogP contribution in [0.25, 0.3) is 0 Å². The summed E-state index contributed by atoms with van der Waals surface area (Å²) >= 11 is 0. The number of halogens is 1. The third kappa shape index (κ3) is 5.97. The zero-order valence-corrected chi connectivity index (χ0v) is 19.1. The third-order valence-electron chi connectivity index (χ3n) is 6.03. The molecule has 2 aliphatic rings. The first-order chi connectivity index (χ1) is 15.8. The highest BCUT2D eigenvalue weighted by Gasteiger charge is 2.36. The predicted octanol–water partition coefficient (Wildman–Crippen LogP) is 2.23. The number of carbonyl (C=O) groups is 2. The summed E-state index contributed by atoms with van der Waals surface area (Å²) in [5, 5.41) is 2.99. The predicted molar refractivity (Wildman–Crippen MR) is 121 cm³/mol. The molecule has 1 unspecified atom stereocenters. The summed E-state index contributed by atoms with van der Waals surface area (Å²) in [6.45, 7) is 0.683. The first-order valence-corrected chi connectivity index (χ1v) is 12.7. The molecule has 0 bridgehead atoms. The summed E-state index contributed by atoms with van der Waals surface area (Å²) in [7, 11) is -4.28.